The van der Waals surface area contributed by atoms with Crippen molar-refractivity contribution in [3.63, 3.8) is 0 Å². The van der Waals surface area contributed by atoms with Crippen molar-refractivity contribution < 1.29 is 19.1 Å². The maximum Gasteiger partial charge on any atom is 0.238 e. The minimum atomic E-state index is -0.279. The largest absolute Gasteiger partial charge is 0.484 e. The second-order valence-electron chi connectivity index (χ2n) is 5.63. The van der Waals surface area contributed by atoms with Crippen molar-refractivity contribution in [2.24, 2.45) is 11.8 Å². The van der Waals surface area contributed by atoms with Crippen molar-refractivity contribution in [1.82, 2.24) is 0 Å². The summed E-state index contributed by atoms with van der Waals surface area (Å²) in [5.74, 6) is -0.661. The summed E-state index contributed by atoms with van der Waals surface area (Å²) in [5, 5.41) is 0. The molecule has 0 spiro atoms. The fourth-order valence-electron chi connectivity index (χ4n) is 2.98. The smallest absolute Gasteiger partial charge is 0.238 e. The van der Waals surface area contributed by atoms with Crippen LogP contribution in [0.2, 0.25) is 0 Å². The van der Waals surface area contributed by atoms with E-state index in [0.29, 0.717) is 24.3 Å². The maximum absolute atomic E-state index is 12.6. The van der Waals surface area contributed by atoms with Crippen molar-refractivity contribution in [3.8, 4) is 5.75 Å². The van der Waals surface area contributed by atoms with Gasteiger partial charge in [-0.25, -0.2) is 4.90 Å². The molecule has 0 aromatic heterocycles. The molecule has 1 heterocycles. The Morgan fingerprint density at radius 3 is 2.32 bits per heavy atom. The first-order valence-corrected chi connectivity index (χ1v) is 7.33. The number of ketones is 1. The van der Waals surface area contributed by atoms with E-state index >= 15 is 0 Å². The molecule has 1 aromatic carbocycles. The van der Waals surface area contributed by atoms with E-state index in [2.05, 4.69) is 0 Å². The summed E-state index contributed by atoms with van der Waals surface area (Å²) < 4.78 is 5.45. The summed E-state index contributed by atoms with van der Waals surface area (Å²) in [5.41, 5.74) is 0.424. The number of nitrogens with zero attached hydrogens (tertiary/aromatic N) is 1. The summed E-state index contributed by atoms with van der Waals surface area (Å²) in [6.45, 7) is 1.34. The third-order valence-electron chi connectivity index (χ3n) is 4.04. The summed E-state index contributed by atoms with van der Waals surface area (Å²) in [6.07, 6.45) is 5.10. The molecule has 1 aromatic rings. The number of amides is 2. The molecule has 1 aliphatic carbocycles. The van der Waals surface area contributed by atoms with Gasteiger partial charge < -0.3 is 4.74 Å². The average Bonchev–Trinajstić information content (AvgIpc) is 2.78. The Morgan fingerprint density at radius 1 is 1.14 bits per heavy atom. The van der Waals surface area contributed by atoms with Gasteiger partial charge in [0.15, 0.2) is 5.78 Å². The van der Waals surface area contributed by atoms with Crippen LogP contribution in [0.3, 0.4) is 0 Å². The normalized spacial score (nSPS) is 23.6. The molecule has 0 bridgehead atoms. The zero-order chi connectivity index (χ0) is 15.7. The SMILES string of the molecule is CC(=O)COc1ccccc1N1C(=O)C2CC=CCC2C1=O. The molecule has 5 nitrogen and oxygen atoms in total. The number of anilines is 1. The molecule has 0 radical (unpaired) electrons. The van der Waals surface area contributed by atoms with Gasteiger partial charge in [-0.15, -0.1) is 0 Å². The van der Waals surface area contributed by atoms with E-state index in [1.54, 1.807) is 24.3 Å². The van der Waals surface area contributed by atoms with E-state index in [-0.39, 0.29) is 36.0 Å². The van der Waals surface area contributed by atoms with Gasteiger partial charge in [-0.2, -0.15) is 0 Å². The molecule has 2 amide bonds. The van der Waals surface area contributed by atoms with Crippen molar-refractivity contribution in [2.75, 3.05) is 11.5 Å². The lowest BCUT2D eigenvalue weighted by molar-refractivity contribution is -0.122. The Labute approximate surface area is 128 Å². The highest BCUT2D eigenvalue weighted by atomic mass is 16.5. The zero-order valence-electron chi connectivity index (χ0n) is 12.3. The Hall–Kier alpha value is -2.43. The number of benzene rings is 1. The Morgan fingerprint density at radius 2 is 1.73 bits per heavy atom. The first-order chi connectivity index (χ1) is 10.6. The van der Waals surface area contributed by atoms with E-state index in [4.69, 9.17) is 4.74 Å². The van der Waals surface area contributed by atoms with Gasteiger partial charge in [-0.05, 0) is 31.9 Å². The molecular formula is C17H17NO4. The minimum absolute atomic E-state index is 0.0817. The van der Waals surface area contributed by atoms with Gasteiger partial charge in [0, 0.05) is 0 Å². The third kappa shape index (κ3) is 2.43. The first kappa shape index (κ1) is 14.5. The molecule has 1 saturated heterocycles. The second kappa shape index (κ2) is 5.75. The molecule has 2 aliphatic rings. The molecule has 2 unspecified atom stereocenters. The van der Waals surface area contributed by atoms with Crippen LogP contribution in [0.1, 0.15) is 19.8 Å². The van der Waals surface area contributed by atoms with E-state index in [1.165, 1.54) is 11.8 Å². The van der Waals surface area contributed by atoms with Crippen LogP contribution in [-0.2, 0) is 14.4 Å². The highest BCUT2D eigenvalue weighted by Gasteiger charge is 2.48. The lowest BCUT2D eigenvalue weighted by Gasteiger charge is -2.18. The molecule has 0 saturated carbocycles. The fraction of sp³-hybridized carbons (Fsp3) is 0.353. The van der Waals surface area contributed by atoms with E-state index < -0.39 is 0 Å². The van der Waals surface area contributed by atoms with E-state index in [0.717, 1.165) is 0 Å². The quantitative estimate of drug-likeness (QED) is 0.631. The summed E-state index contributed by atoms with van der Waals surface area (Å²) in [7, 11) is 0. The lowest BCUT2D eigenvalue weighted by atomic mass is 9.85. The van der Waals surface area contributed by atoms with E-state index in [9.17, 15) is 14.4 Å². The van der Waals surface area contributed by atoms with Crippen LogP contribution in [0.4, 0.5) is 5.69 Å². The number of rotatable bonds is 4. The van der Waals surface area contributed by atoms with Crippen LogP contribution >= 0.6 is 0 Å². The fourth-order valence-corrected chi connectivity index (χ4v) is 2.98. The van der Waals surface area contributed by atoms with Crippen LogP contribution in [0.25, 0.3) is 0 Å². The number of carbonyl (C=O) groups is 3. The molecule has 114 valence electrons. The molecule has 3 rings (SSSR count). The standard InChI is InChI=1S/C17H17NO4/c1-11(19)10-22-15-9-5-4-8-14(15)18-16(20)12-6-2-3-7-13(12)17(18)21/h2-5,8-9,12-13H,6-7,10H2,1H3. The summed E-state index contributed by atoms with van der Waals surface area (Å²) >= 11 is 0. The van der Waals surface area contributed by atoms with Gasteiger partial charge in [0.1, 0.15) is 12.4 Å². The van der Waals surface area contributed by atoms with Gasteiger partial charge in [0.05, 0.1) is 17.5 Å². The van der Waals surface area contributed by atoms with Crippen molar-refractivity contribution in [2.45, 2.75) is 19.8 Å². The number of ether oxygens (including phenoxy) is 1. The number of hydrogen-bond acceptors (Lipinski definition) is 4. The number of Topliss-reactive ketones (excluding diaryl/α,β-unsaturated/α-hetero) is 1. The van der Waals surface area contributed by atoms with Crippen LogP contribution in [-0.4, -0.2) is 24.2 Å². The predicted octanol–water partition coefficient (Wildman–Crippen LogP) is 2.11. The molecule has 2 atom stereocenters. The van der Waals surface area contributed by atoms with Gasteiger partial charge in [-0.3, -0.25) is 14.4 Å². The summed E-state index contributed by atoms with van der Waals surface area (Å²) in [6, 6.07) is 6.84. The van der Waals surface area contributed by atoms with Gasteiger partial charge >= 0.3 is 0 Å². The van der Waals surface area contributed by atoms with Crippen LogP contribution in [0, 0.1) is 11.8 Å². The lowest BCUT2D eigenvalue weighted by Crippen LogP contribution is -2.31. The summed E-state index contributed by atoms with van der Waals surface area (Å²) in [4.78, 5) is 37.5. The average molecular weight is 299 g/mol. The molecule has 1 fully saturated rings. The third-order valence-corrected chi connectivity index (χ3v) is 4.04. The zero-order valence-corrected chi connectivity index (χ0v) is 12.3. The monoisotopic (exact) mass is 299 g/mol. The number of allylic oxidation sites excluding steroid dienone is 2. The number of fused-ring (bicyclic) bond motifs is 1. The first-order valence-electron chi connectivity index (χ1n) is 7.33. The van der Waals surface area contributed by atoms with Gasteiger partial charge in [-0.1, -0.05) is 24.3 Å². The highest BCUT2D eigenvalue weighted by Crippen LogP contribution is 2.40. The number of para-hydroxylation sites is 2. The van der Waals surface area contributed by atoms with Crippen LogP contribution in [0.15, 0.2) is 36.4 Å². The van der Waals surface area contributed by atoms with Crippen LogP contribution < -0.4 is 9.64 Å². The molecular weight excluding hydrogens is 282 g/mol. The molecule has 5 heteroatoms. The van der Waals surface area contributed by atoms with Crippen LogP contribution in [0.5, 0.6) is 5.75 Å². The maximum atomic E-state index is 12.6. The number of hydrogen-bond donors (Lipinski definition) is 0. The van der Waals surface area contributed by atoms with Gasteiger partial charge in [0.2, 0.25) is 11.8 Å². The Bertz CT molecular complexity index is 638. The van der Waals surface area contributed by atoms with Crippen molar-refractivity contribution >= 4 is 23.3 Å². The van der Waals surface area contributed by atoms with E-state index in [1.807, 2.05) is 12.2 Å². The van der Waals surface area contributed by atoms with Crippen molar-refractivity contribution in [3.05, 3.63) is 36.4 Å². The highest BCUT2D eigenvalue weighted by molar-refractivity contribution is 6.22. The van der Waals surface area contributed by atoms with Crippen molar-refractivity contribution in [1.29, 1.82) is 0 Å². The number of carbonyl (C=O) groups excluding carboxylic acids is 3. The molecule has 22 heavy (non-hydrogen) atoms. The predicted molar refractivity (Wildman–Crippen MR) is 80.5 cm³/mol. The Kier molecular flexibility index (Phi) is 3.79. The minimum Gasteiger partial charge on any atom is -0.484 e. The molecule has 1 aliphatic heterocycles. The number of imide groups is 1. The topological polar surface area (TPSA) is 63.7 Å². The second-order valence-corrected chi connectivity index (χ2v) is 5.63. The van der Waals surface area contributed by atoms with Gasteiger partial charge in [0.25, 0.3) is 0 Å². The molecule has 0 N–H and O–H groups in total. The Balaban J connectivity index is 1.92.